The number of carboxylic acid groups (broad SMARTS) is 1. The van der Waals surface area contributed by atoms with Gasteiger partial charge >= 0.3 is 5.97 Å². The molecule has 0 aliphatic carbocycles. The van der Waals surface area contributed by atoms with Crippen LogP contribution < -0.4 is 5.32 Å². The standard InChI is InChI=1S/C10H19NO3S/c1-3-8(7-15-2)11-9(12)5-4-6-10(13)14/h8H,3-7H2,1-2H3,(H,11,12)(H,13,14). The molecule has 0 aliphatic rings. The van der Waals surface area contributed by atoms with Crippen LogP contribution in [0.25, 0.3) is 0 Å². The number of carbonyl (C=O) groups excluding carboxylic acids is 1. The third kappa shape index (κ3) is 8.30. The molecule has 0 spiro atoms. The van der Waals surface area contributed by atoms with Gasteiger partial charge < -0.3 is 10.4 Å². The molecule has 1 amide bonds. The van der Waals surface area contributed by atoms with Crippen molar-refractivity contribution < 1.29 is 14.7 Å². The molecule has 88 valence electrons. The van der Waals surface area contributed by atoms with Crippen molar-refractivity contribution in [2.75, 3.05) is 12.0 Å². The maximum Gasteiger partial charge on any atom is 0.303 e. The molecule has 0 aromatic carbocycles. The Morgan fingerprint density at radius 3 is 2.53 bits per heavy atom. The summed E-state index contributed by atoms with van der Waals surface area (Å²) in [6.45, 7) is 2.03. The molecular weight excluding hydrogens is 214 g/mol. The first-order valence-corrected chi connectivity index (χ1v) is 6.49. The van der Waals surface area contributed by atoms with Crippen molar-refractivity contribution in [1.29, 1.82) is 0 Å². The van der Waals surface area contributed by atoms with Gasteiger partial charge in [-0.05, 0) is 19.1 Å². The van der Waals surface area contributed by atoms with Crippen LogP contribution in [0.1, 0.15) is 32.6 Å². The number of hydrogen-bond donors (Lipinski definition) is 2. The summed E-state index contributed by atoms with van der Waals surface area (Å²) in [6, 6.07) is 0.206. The van der Waals surface area contributed by atoms with Gasteiger partial charge in [-0.1, -0.05) is 6.92 Å². The number of aliphatic carboxylic acids is 1. The number of nitrogens with one attached hydrogen (secondary N) is 1. The molecule has 4 nitrogen and oxygen atoms in total. The van der Waals surface area contributed by atoms with E-state index in [9.17, 15) is 9.59 Å². The zero-order valence-electron chi connectivity index (χ0n) is 9.28. The molecule has 1 atom stereocenters. The third-order valence-electron chi connectivity index (χ3n) is 2.02. The highest BCUT2D eigenvalue weighted by Gasteiger charge is 2.09. The first kappa shape index (κ1) is 14.3. The highest BCUT2D eigenvalue weighted by atomic mass is 32.2. The normalized spacial score (nSPS) is 12.1. The Hall–Kier alpha value is -0.710. The highest BCUT2D eigenvalue weighted by molar-refractivity contribution is 7.98. The Morgan fingerprint density at radius 1 is 1.40 bits per heavy atom. The van der Waals surface area contributed by atoms with E-state index in [1.54, 1.807) is 11.8 Å². The van der Waals surface area contributed by atoms with E-state index in [2.05, 4.69) is 5.32 Å². The lowest BCUT2D eigenvalue weighted by Crippen LogP contribution is -2.35. The molecule has 0 aliphatic heterocycles. The number of hydrogen-bond acceptors (Lipinski definition) is 3. The predicted molar refractivity (Wildman–Crippen MR) is 62.1 cm³/mol. The second kappa shape index (κ2) is 8.59. The average molecular weight is 233 g/mol. The molecule has 5 heteroatoms. The summed E-state index contributed by atoms with van der Waals surface area (Å²) in [5, 5.41) is 11.3. The van der Waals surface area contributed by atoms with E-state index >= 15 is 0 Å². The van der Waals surface area contributed by atoms with Gasteiger partial charge in [0.15, 0.2) is 0 Å². The smallest absolute Gasteiger partial charge is 0.303 e. The second-order valence-electron chi connectivity index (χ2n) is 3.38. The van der Waals surface area contributed by atoms with Crippen LogP contribution in [0.3, 0.4) is 0 Å². The molecule has 0 aromatic rings. The van der Waals surface area contributed by atoms with Crippen LogP contribution in [0.15, 0.2) is 0 Å². The van der Waals surface area contributed by atoms with E-state index in [0.29, 0.717) is 12.8 Å². The van der Waals surface area contributed by atoms with Gasteiger partial charge in [-0.2, -0.15) is 11.8 Å². The molecule has 1 unspecified atom stereocenters. The molecular formula is C10H19NO3S. The monoisotopic (exact) mass is 233 g/mol. The van der Waals surface area contributed by atoms with Crippen LogP contribution in [0, 0.1) is 0 Å². The Kier molecular flexibility index (Phi) is 8.18. The molecule has 0 heterocycles. The Bertz CT molecular complexity index is 209. The van der Waals surface area contributed by atoms with Gasteiger partial charge in [0.05, 0.1) is 0 Å². The fourth-order valence-electron chi connectivity index (χ4n) is 1.16. The van der Waals surface area contributed by atoms with E-state index in [0.717, 1.165) is 12.2 Å². The van der Waals surface area contributed by atoms with E-state index < -0.39 is 5.97 Å². The summed E-state index contributed by atoms with van der Waals surface area (Å²) in [4.78, 5) is 21.6. The molecule has 0 radical (unpaired) electrons. The molecule has 0 saturated carbocycles. The minimum atomic E-state index is -0.848. The van der Waals surface area contributed by atoms with Crippen molar-refractivity contribution in [1.82, 2.24) is 5.32 Å². The zero-order chi connectivity index (χ0) is 11.7. The van der Waals surface area contributed by atoms with Crippen molar-refractivity contribution in [2.45, 2.75) is 38.6 Å². The van der Waals surface area contributed by atoms with Crippen molar-refractivity contribution in [3.05, 3.63) is 0 Å². The van der Waals surface area contributed by atoms with Crippen molar-refractivity contribution in [3.63, 3.8) is 0 Å². The van der Waals surface area contributed by atoms with Crippen LogP contribution in [-0.2, 0) is 9.59 Å². The van der Waals surface area contributed by atoms with Gasteiger partial charge in [0.25, 0.3) is 0 Å². The fraction of sp³-hybridized carbons (Fsp3) is 0.800. The number of carbonyl (C=O) groups is 2. The Balaban J connectivity index is 3.66. The van der Waals surface area contributed by atoms with Crippen LogP contribution in [-0.4, -0.2) is 35.0 Å². The minimum absolute atomic E-state index is 0.0443. The number of rotatable bonds is 8. The molecule has 2 N–H and O–H groups in total. The molecule has 0 rings (SSSR count). The fourth-order valence-corrected chi connectivity index (χ4v) is 1.88. The molecule has 0 fully saturated rings. The summed E-state index contributed by atoms with van der Waals surface area (Å²) in [7, 11) is 0. The lowest BCUT2D eigenvalue weighted by atomic mass is 10.2. The van der Waals surface area contributed by atoms with Gasteiger partial charge in [-0.25, -0.2) is 0 Å². The highest BCUT2D eigenvalue weighted by Crippen LogP contribution is 2.02. The maximum absolute atomic E-state index is 11.4. The summed E-state index contributed by atoms with van der Waals surface area (Å²) >= 11 is 1.70. The largest absolute Gasteiger partial charge is 0.481 e. The van der Waals surface area contributed by atoms with Crippen LogP contribution >= 0.6 is 11.8 Å². The van der Waals surface area contributed by atoms with Crippen LogP contribution in [0.5, 0.6) is 0 Å². The van der Waals surface area contributed by atoms with Gasteiger partial charge in [-0.15, -0.1) is 0 Å². The number of carboxylic acids is 1. The number of amides is 1. The second-order valence-corrected chi connectivity index (χ2v) is 4.29. The minimum Gasteiger partial charge on any atom is -0.481 e. The summed E-state index contributed by atoms with van der Waals surface area (Å²) < 4.78 is 0. The molecule has 15 heavy (non-hydrogen) atoms. The maximum atomic E-state index is 11.4. The zero-order valence-corrected chi connectivity index (χ0v) is 10.1. The lowest BCUT2D eigenvalue weighted by Gasteiger charge is -2.15. The van der Waals surface area contributed by atoms with Crippen molar-refractivity contribution in [3.8, 4) is 0 Å². The van der Waals surface area contributed by atoms with Gasteiger partial charge in [0.1, 0.15) is 0 Å². The average Bonchev–Trinajstić information content (AvgIpc) is 2.16. The molecule has 0 saturated heterocycles. The van der Waals surface area contributed by atoms with E-state index in [1.165, 1.54) is 0 Å². The van der Waals surface area contributed by atoms with Gasteiger partial charge in [0.2, 0.25) is 5.91 Å². The Morgan fingerprint density at radius 2 is 2.07 bits per heavy atom. The van der Waals surface area contributed by atoms with E-state index in [-0.39, 0.29) is 18.4 Å². The van der Waals surface area contributed by atoms with Gasteiger partial charge in [0, 0.05) is 24.6 Å². The molecule has 0 bridgehead atoms. The first-order chi connectivity index (χ1) is 7.10. The van der Waals surface area contributed by atoms with E-state index in [1.807, 2.05) is 13.2 Å². The summed E-state index contributed by atoms with van der Waals surface area (Å²) in [6.07, 6.45) is 3.69. The quantitative estimate of drug-likeness (QED) is 0.666. The third-order valence-corrected chi connectivity index (χ3v) is 2.76. The molecule has 0 aromatic heterocycles. The lowest BCUT2D eigenvalue weighted by molar-refractivity contribution is -0.137. The van der Waals surface area contributed by atoms with Crippen LogP contribution in [0.4, 0.5) is 0 Å². The topological polar surface area (TPSA) is 66.4 Å². The van der Waals surface area contributed by atoms with Crippen LogP contribution in [0.2, 0.25) is 0 Å². The predicted octanol–water partition coefficient (Wildman–Crippen LogP) is 1.50. The van der Waals surface area contributed by atoms with Crippen molar-refractivity contribution in [2.24, 2.45) is 0 Å². The van der Waals surface area contributed by atoms with Gasteiger partial charge in [-0.3, -0.25) is 9.59 Å². The first-order valence-electron chi connectivity index (χ1n) is 5.10. The summed E-state index contributed by atoms with van der Waals surface area (Å²) in [5.74, 6) is 0.0114. The SMILES string of the molecule is CCC(CSC)NC(=O)CCCC(=O)O. The summed E-state index contributed by atoms with van der Waals surface area (Å²) in [5.41, 5.74) is 0. The van der Waals surface area contributed by atoms with E-state index in [4.69, 9.17) is 5.11 Å². The van der Waals surface area contributed by atoms with Crippen molar-refractivity contribution >= 4 is 23.6 Å². The number of thioether (sulfide) groups is 1. The Labute approximate surface area is 94.8 Å².